The molecule has 2 saturated carbocycles. The SMILES string of the molecule is CCC1(CC)CCC(C(C2CCCCC2)N(N)Cc2ccccc2)CC1. The Morgan fingerprint density at radius 1 is 0.923 bits per heavy atom. The van der Waals surface area contributed by atoms with Gasteiger partial charge in [-0.25, -0.2) is 5.01 Å². The van der Waals surface area contributed by atoms with E-state index in [1.807, 2.05) is 0 Å². The van der Waals surface area contributed by atoms with Crippen LogP contribution in [0.3, 0.4) is 0 Å². The van der Waals surface area contributed by atoms with Crippen molar-refractivity contribution in [2.75, 3.05) is 0 Å². The molecule has 0 aliphatic heterocycles. The minimum absolute atomic E-state index is 0.571. The van der Waals surface area contributed by atoms with Crippen LogP contribution in [0.15, 0.2) is 30.3 Å². The molecule has 1 atom stereocenters. The van der Waals surface area contributed by atoms with Crippen LogP contribution < -0.4 is 5.84 Å². The van der Waals surface area contributed by atoms with Gasteiger partial charge in [0.15, 0.2) is 0 Å². The largest absolute Gasteiger partial charge is 0.268 e. The first-order valence-electron chi connectivity index (χ1n) is 11.2. The average Bonchev–Trinajstić information content (AvgIpc) is 2.70. The van der Waals surface area contributed by atoms with Gasteiger partial charge in [-0.05, 0) is 61.3 Å². The molecule has 2 heteroatoms. The highest BCUT2D eigenvalue weighted by Gasteiger charge is 2.39. The summed E-state index contributed by atoms with van der Waals surface area (Å²) in [5.74, 6) is 8.37. The molecule has 26 heavy (non-hydrogen) atoms. The van der Waals surface area contributed by atoms with Gasteiger partial charge in [0.25, 0.3) is 0 Å². The van der Waals surface area contributed by atoms with E-state index in [1.54, 1.807) is 0 Å². The van der Waals surface area contributed by atoms with Crippen molar-refractivity contribution in [1.82, 2.24) is 5.01 Å². The van der Waals surface area contributed by atoms with Crippen LogP contribution in [0.1, 0.15) is 90.0 Å². The van der Waals surface area contributed by atoms with Crippen LogP contribution >= 0.6 is 0 Å². The summed E-state index contributed by atoms with van der Waals surface area (Å²) >= 11 is 0. The molecule has 0 aromatic heterocycles. The fourth-order valence-corrected chi connectivity index (χ4v) is 5.85. The van der Waals surface area contributed by atoms with Crippen LogP contribution in [0.4, 0.5) is 0 Å². The number of hydrazine groups is 1. The Morgan fingerprint density at radius 3 is 2.08 bits per heavy atom. The van der Waals surface area contributed by atoms with Crippen LogP contribution in [0.25, 0.3) is 0 Å². The maximum absolute atomic E-state index is 6.78. The summed E-state index contributed by atoms with van der Waals surface area (Å²) in [4.78, 5) is 0. The summed E-state index contributed by atoms with van der Waals surface area (Å²) < 4.78 is 0. The fourth-order valence-electron chi connectivity index (χ4n) is 5.85. The van der Waals surface area contributed by atoms with Gasteiger partial charge < -0.3 is 0 Å². The summed E-state index contributed by atoms with van der Waals surface area (Å²) in [6.07, 6.45) is 15.3. The highest BCUT2D eigenvalue weighted by atomic mass is 15.4. The third-order valence-corrected chi connectivity index (χ3v) is 7.80. The van der Waals surface area contributed by atoms with Crippen LogP contribution in [0.2, 0.25) is 0 Å². The smallest absolute Gasteiger partial charge is 0.0382 e. The lowest BCUT2D eigenvalue weighted by atomic mass is 9.64. The van der Waals surface area contributed by atoms with E-state index >= 15 is 0 Å². The lowest BCUT2D eigenvalue weighted by molar-refractivity contribution is 0.0206. The standard InChI is InChI=1S/C24H40N2/c1-3-24(4-2)17-15-22(16-18-24)23(21-13-9-6-10-14-21)26(25)19-20-11-7-5-8-12-20/h5,7-8,11-12,21-23H,3-4,6,9-10,13-19,25H2,1-2H3. The number of nitrogens with two attached hydrogens (primary N) is 1. The van der Waals surface area contributed by atoms with Gasteiger partial charge in [0.1, 0.15) is 0 Å². The second-order valence-corrected chi connectivity index (χ2v) is 9.09. The quantitative estimate of drug-likeness (QED) is 0.458. The zero-order valence-electron chi connectivity index (χ0n) is 17.1. The van der Waals surface area contributed by atoms with Crippen molar-refractivity contribution in [1.29, 1.82) is 0 Å². The molecule has 0 bridgehead atoms. The van der Waals surface area contributed by atoms with Gasteiger partial charge in [-0.1, -0.05) is 76.3 Å². The monoisotopic (exact) mass is 356 g/mol. The molecule has 0 radical (unpaired) electrons. The number of hydrogen-bond donors (Lipinski definition) is 1. The van der Waals surface area contributed by atoms with Gasteiger partial charge in [0.05, 0.1) is 0 Å². The molecule has 0 amide bonds. The minimum Gasteiger partial charge on any atom is -0.268 e. The second kappa shape index (κ2) is 9.37. The number of nitrogens with zero attached hydrogens (tertiary/aromatic N) is 1. The lowest BCUT2D eigenvalue weighted by Gasteiger charge is -2.47. The number of hydrogen-bond acceptors (Lipinski definition) is 2. The molecular weight excluding hydrogens is 316 g/mol. The highest BCUT2D eigenvalue weighted by molar-refractivity contribution is 5.14. The first kappa shape index (κ1) is 19.9. The molecule has 2 aliphatic carbocycles. The Morgan fingerprint density at radius 2 is 1.50 bits per heavy atom. The maximum Gasteiger partial charge on any atom is 0.0382 e. The molecule has 1 aromatic carbocycles. The predicted octanol–water partition coefficient (Wildman–Crippen LogP) is 6.31. The molecule has 2 nitrogen and oxygen atoms in total. The van der Waals surface area contributed by atoms with E-state index in [0.717, 1.165) is 18.4 Å². The summed E-state index contributed by atoms with van der Waals surface area (Å²) in [7, 11) is 0. The van der Waals surface area contributed by atoms with Crippen LogP contribution in [0, 0.1) is 17.3 Å². The average molecular weight is 357 g/mol. The minimum atomic E-state index is 0.571. The molecule has 0 saturated heterocycles. The van der Waals surface area contributed by atoms with Gasteiger partial charge in [0.2, 0.25) is 0 Å². The molecule has 0 spiro atoms. The summed E-state index contributed by atoms with van der Waals surface area (Å²) in [6.45, 7) is 5.69. The predicted molar refractivity (Wildman–Crippen MR) is 112 cm³/mol. The van der Waals surface area contributed by atoms with Crippen molar-refractivity contribution in [3.63, 3.8) is 0 Å². The maximum atomic E-state index is 6.78. The molecule has 146 valence electrons. The van der Waals surface area contributed by atoms with E-state index in [0.29, 0.717) is 11.5 Å². The molecular formula is C24H40N2. The second-order valence-electron chi connectivity index (χ2n) is 9.09. The summed E-state index contributed by atoms with van der Waals surface area (Å²) in [5.41, 5.74) is 1.97. The molecule has 0 heterocycles. The first-order valence-corrected chi connectivity index (χ1v) is 11.2. The van der Waals surface area contributed by atoms with Crippen molar-refractivity contribution in [3.8, 4) is 0 Å². The summed E-state index contributed by atoms with van der Waals surface area (Å²) in [5, 5.41) is 2.24. The fraction of sp³-hybridized carbons (Fsp3) is 0.750. The van der Waals surface area contributed by atoms with Crippen molar-refractivity contribution in [2.45, 2.75) is 97.1 Å². The van der Waals surface area contributed by atoms with Crippen LogP contribution in [-0.4, -0.2) is 11.1 Å². The van der Waals surface area contributed by atoms with Crippen molar-refractivity contribution in [2.24, 2.45) is 23.1 Å². The number of rotatable bonds is 7. The van der Waals surface area contributed by atoms with Gasteiger partial charge in [-0.2, -0.15) is 0 Å². The molecule has 2 N–H and O–H groups in total. The Bertz CT molecular complexity index is 506. The Balaban J connectivity index is 1.71. The normalized spacial score (nSPS) is 23.2. The van der Waals surface area contributed by atoms with Crippen LogP contribution in [0.5, 0.6) is 0 Å². The Hall–Kier alpha value is -0.860. The van der Waals surface area contributed by atoms with E-state index in [9.17, 15) is 0 Å². The Kier molecular flexibility index (Phi) is 7.17. The van der Waals surface area contributed by atoms with Gasteiger partial charge in [0, 0.05) is 12.6 Å². The van der Waals surface area contributed by atoms with Gasteiger partial charge >= 0.3 is 0 Å². The zero-order valence-corrected chi connectivity index (χ0v) is 17.1. The molecule has 2 aliphatic rings. The van der Waals surface area contributed by atoms with Crippen LogP contribution in [-0.2, 0) is 6.54 Å². The molecule has 3 rings (SSSR count). The lowest BCUT2D eigenvalue weighted by Crippen LogP contribution is -2.51. The van der Waals surface area contributed by atoms with E-state index in [2.05, 4.69) is 49.2 Å². The molecule has 2 fully saturated rings. The Labute approximate surface area is 161 Å². The van der Waals surface area contributed by atoms with E-state index < -0.39 is 0 Å². The third-order valence-electron chi connectivity index (χ3n) is 7.80. The summed E-state index contributed by atoms with van der Waals surface area (Å²) in [6, 6.07) is 11.4. The highest BCUT2D eigenvalue weighted by Crippen LogP contribution is 2.47. The van der Waals surface area contributed by atoms with E-state index in [1.165, 1.54) is 76.2 Å². The number of benzene rings is 1. The van der Waals surface area contributed by atoms with Crippen molar-refractivity contribution >= 4 is 0 Å². The topological polar surface area (TPSA) is 29.3 Å². The first-order chi connectivity index (χ1) is 12.7. The van der Waals surface area contributed by atoms with Gasteiger partial charge in [-0.15, -0.1) is 0 Å². The van der Waals surface area contributed by atoms with E-state index in [-0.39, 0.29) is 0 Å². The molecule has 1 aromatic rings. The molecule has 1 unspecified atom stereocenters. The zero-order chi connectivity index (χ0) is 18.4. The van der Waals surface area contributed by atoms with E-state index in [4.69, 9.17) is 5.84 Å². The van der Waals surface area contributed by atoms with Crippen molar-refractivity contribution in [3.05, 3.63) is 35.9 Å². The third kappa shape index (κ3) is 4.70. The van der Waals surface area contributed by atoms with Crippen molar-refractivity contribution < 1.29 is 0 Å². The van der Waals surface area contributed by atoms with Gasteiger partial charge in [-0.3, -0.25) is 5.84 Å².